The zero-order valence-corrected chi connectivity index (χ0v) is 16.5. The van der Waals surface area contributed by atoms with Gasteiger partial charge < -0.3 is 15.0 Å². The highest BCUT2D eigenvalue weighted by Crippen LogP contribution is 2.26. The van der Waals surface area contributed by atoms with E-state index in [2.05, 4.69) is 51.5 Å². The number of carbonyl (C=O) groups is 1. The van der Waals surface area contributed by atoms with E-state index >= 15 is 0 Å². The maximum Gasteiger partial charge on any atom is 0.234 e. The topological polar surface area (TPSA) is 44.8 Å². The molecular formula is C23H29N3O2. The lowest BCUT2D eigenvalue weighted by Gasteiger charge is -2.42. The number of nitrogens with one attached hydrogen (secondary N) is 1. The van der Waals surface area contributed by atoms with Crippen LogP contribution >= 0.6 is 0 Å². The fraction of sp³-hybridized carbons (Fsp3) is 0.435. The van der Waals surface area contributed by atoms with Gasteiger partial charge in [-0.2, -0.15) is 0 Å². The van der Waals surface area contributed by atoms with Crippen molar-refractivity contribution in [3.05, 3.63) is 60.2 Å². The maximum atomic E-state index is 12.3. The second kappa shape index (κ2) is 8.65. The minimum Gasteiger partial charge on any atom is -0.497 e. The molecule has 1 N–H and O–H groups in total. The lowest BCUT2D eigenvalue weighted by Crippen LogP contribution is -2.59. The van der Waals surface area contributed by atoms with E-state index in [1.54, 1.807) is 7.11 Å². The third-order valence-electron chi connectivity index (χ3n) is 5.89. The zero-order chi connectivity index (χ0) is 19.3. The van der Waals surface area contributed by atoms with E-state index < -0.39 is 0 Å². The average molecular weight is 380 g/mol. The third kappa shape index (κ3) is 4.47. The molecule has 4 rings (SSSR count). The van der Waals surface area contributed by atoms with Gasteiger partial charge in [0, 0.05) is 43.5 Å². The maximum absolute atomic E-state index is 12.3. The van der Waals surface area contributed by atoms with Crippen LogP contribution in [0.3, 0.4) is 0 Å². The molecule has 1 amide bonds. The summed E-state index contributed by atoms with van der Waals surface area (Å²) in [6, 6.07) is 19.4. The van der Waals surface area contributed by atoms with Crippen molar-refractivity contribution in [2.24, 2.45) is 0 Å². The van der Waals surface area contributed by atoms with E-state index in [1.807, 2.05) is 18.2 Å². The average Bonchev–Trinajstić information content (AvgIpc) is 2.74. The second-order valence-corrected chi connectivity index (χ2v) is 7.80. The number of ether oxygens (including phenoxy) is 1. The molecule has 2 fully saturated rings. The highest BCUT2D eigenvalue weighted by molar-refractivity contribution is 5.79. The number of anilines is 1. The van der Waals surface area contributed by atoms with Gasteiger partial charge in [0.15, 0.2) is 0 Å². The Labute approximate surface area is 167 Å². The predicted octanol–water partition coefficient (Wildman–Crippen LogP) is 2.71. The Balaban J connectivity index is 1.35. The standard InChI is InChI=1S/C23H29N3O2/c1-28-22-9-5-8-21(15-22)25-12-10-20(11-13-25)26-16-19(24-23(27)17-26)14-18-6-3-2-4-7-18/h2-9,15,19-20H,10-14,16-17H2,1H3,(H,24,27)/t19-/m0/s1. The van der Waals surface area contributed by atoms with Gasteiger partial charge in [0.25, 0.3) is 0 Å². The van der Waals surface area contributed by atoms with Crippen LogP contribution in [-0.4, -0.2) is 56.2 Å². The van der Waals surface area contributed by atoms with Crippen LogP contribution in [0.25, 0.3) is 0 Å². The van der Waals surface area contributed by atoms with Crippen LogP contribution in [0.15, 0.2) is 54.6 Å². The molecule has 2 aromatic rings. The van der Waals surface area contributed by atoms with Gasteiger partial charge in [0.05, 0.1) is 13.7 Å². The van der Waals surface area contributed by atoms with Crippen LogP contribution in [-0.2, 0) is 11.2 Å². The molecule has 0 spiro atoms. The van der Waals surface area contributed by atoms with E-state index in [9.17, 15) is 4.79 Å². The van der Waals surface area contributed by atoms with Crippen LogP contribution in [0.5, 0.6) is 5.75 Å². The Kier molecular flexibility index (Phi) is 5.81. The number of piperidine rings is 1. The number of benzene rings is 2. The van der Waals surface area contributed by atoms with Gasteiger partial charge in [-0.1, -0.05) is 36.4 Å². The molecule has 28 heavy (non-hydrogen) atoms. The molecule has 1 atom stereocenters. The Morgan fingerprint density at radius 2 is 1.86 bits per heavy atom. The fourth-order valence-corrected chi connectivity index (χ4v) is 4.44. The van der Waals surface area contributed by atoms with Crippen LogP contribution < -0.4 is 15.0 Å². The van der Waals surface area contributed by atoms with Crippen LogP contribution in [0, 0.1) is 0 Å². The zero-order valence-electron chi connectivity index (χ0n) is 16.5. The first-order chi connectivity index (χ1) is 13.7. The van der Waals surface area contributed by atoms with Gasteiger partial charge in [-0.3, -0.25) is 9.69 Å². The van der Waals surface area contributed by atoms with E-state index in [-0.39, 0.29) is 11.9 Å². The molecule has 5 nitrogen and oxygen atoms in total. The molecule has 0 unspecified atom stereocenters. The quantitative estimate of drug-likeness (QED) is 0.868. The normalized spacial score (nSPS) is 21.4. The van der Waals surface area contributed by atoms with Gasteiger partial charge >= 0.3 is 0 Å². The van der Waals surface area contributed by atoms with Crippen molar-refractivity contribution in [3.8, 4) is 5.75 Å². The van der Waals surface area contributed by atoms with Crippen LogP contribution in [0.4, 0.5) is 5.69 Å². The first kappa shape index (κ1) is 18.8. The summed E-state index contributed by atoms with van der Waals surface area (Å²) in [5, 5.41) is 3.18. The van der Waals surface area contributed by atoms with Gasteiger partial charge in [-0.25, -0.2) is 0 Å². The molecule has 0 bridgehead atoms. The lowest BCUT2D eigenvalue weighted by atomic mass is 9.98. The van der Waals surface area contributed by atoms with Crippen molar-refractivity contribution >= 4 is 11.6 Å². The molecule has 2 aliphatic rings. The summed E-state index contributed by atoms with van der Waals surface area (Å²) in [6.45, 7) is 3.48. The summed E-state index contributed by atoms with van der Waals surface area (Å²) in [7, 11) is 1.71. The summed E-state index contributed by atoms with van der Waals surface area (Å²) in [5.74, 6) is 1.05. The molecule has 2 heterocycles. The van der Waals surface area contributed by atoms with E-state index in [1.165, 1.54) is 11.3 Å². The minimum absolute atomic E-state index is 0.155. The molecule has 0 aromatic heterocycles. The lowest BCUT2D eigenvalue weighted by molar-refractivity contribution is -0.126. The van der Waals surface area contributed by atoms with Gasteiger partial charge in [-0.15, -0.1) is 0 Å². The predicted molar refractivity (Wildman–Crippen MR) is 112 cm³/mol. The molecule has 2 aromatic carbocycles. The smallest absolute Gasteiger partial charge is 0.234 e. The molecule has 2 saturated heterocycles. The summed E-state index contributed by atoms with van der Waals surface area (Å²) in [6.07, 6.45) is 3.07. The van der Waals surface area contributed by atoms with E-state index in [4.69, 9.17) is 4.74 Å². The SMILES string of the molecule is COc1cccc(N2CCC(N3CC(=O)N[C@@H](Cc4ccccc4)C3)CC2)c1. The summed E-state index contributed by atoms with van der Waals surface area (Å²) < 4.78 is 5.36. The Bertz CT molecular complexity index is 787. The first-order valence-corrected chi connectivity index (χ1v) is 10.2. The molecule has 2 aliphatic heterocycles. The van der Waals surface area contributed by atoms with Crippen molar-refractivity contribution in [3.63, 3.8) is 0 Å². The summed E-state index contributed by atoms with van der Waals surface area (Å²) in [4.78, 5) is 17.1. The minimum atomic E-state index is 0.155. The van der Waals surface area contributed by atoms with Crippen LogP contribution in [0.1, 0.15) is 18.4 Å². The Morgan fingerprint density at radius 3 is 2.61 bits per heavy atom. The second-order valence-electron chi connectivity index (χ2n) is 7.80. The number of amides is 1. The third-order valence-corrected chi connectivity index (χ3v) is 5.89. The largest absolute Gasteiger partial charge is 0.497 e. The molecule has 0 radical (unpaired) electrons. The highest BCUT2D eigenvalue weighted by Gasteiger charge is 2.31. The van der Waals surface area contributed by atoms with Crippen molar-refractivity contribution < 1.29 is 9.53 Å². The van der Waals surface area contributed by atoms with E-state index in [0.29, 0.717) is 12.6 Å². The number of hydrogen-bond acceptors (Lipinski definition) is 4. The Hall–Kier alpha value is -2.53. The van der Waals surface area contributed by atoms with Crippen molar-refractivity contribution in [1.29, 1.82) is 0 Å². The number of carbonyl (C=O) groups excluding carboxylic acids is 1. The number of nitrogens with zero attached hydrogens (tertiary/aromatic N) is 2. The highest BCUT2D eigenvalue weighted by atomic mass is 16.5. The summed E-state index contributed by atoms with van der Waals surface area (Å²) >= 11 is 0. The number of piperazine rings is 1. The van der Waals surface area contributed by atoms with Crippen molar-refractivity contribution in [2.45, 2.75) is 31.3 Å². The number of methoxy groups -OCH3 is 1. The Morgan fingerprint density at radius 1 is 1.07 bits per heavy atom. The van der Waals surface area contributed by atoms with E-state index in [0.717, 1.165) is 44.6 Å². The first-order valence-electron chi connectivity index (χ1n) is 10.2. The van der Waals surface area contributed by atoms with Crippen LogP contribution in [0.2, 0.25) is 0 Å². The molecule has 0 saturated carbocycles. The fourth-order valence-electron chi connectivity index (χ4n) is 4.44. The molecule has 5 heteroatoms. The number of rotatable bonds is 5. The van der Waals surface area contributed by atoms with Gasteiger partial charge in [0.2, 0.25) is 5.91 Å². The monoisotopic (exact) mass is 379 g/mol. The van der Waals surface area contributed by atoms with Gasteiger partial charge in [0.1, 0.15) is 5.75 Å². The molecule has 148 valence electrons. The van der Waals surface area contributed by atoms with Crippen molar-refractivity contribution in [1.82, 2.24) is 10.2 Å². The van der Waals surface area contributed by atoms with Gasteiger partial charge in [-0.05, 0) is 37.0 Å². The molecular weight excluding hydrogens is 350 g/mol. The van der Waals surface area contributed by atoms with Crippen molar-refractivity contribution in [2.75, 3.05) is 38.2 Å². The number of hydrogen-bond donors (Lipinski definition) is 1. The molecule has 0 aliphatic carbocycles. The summed E-state index contributed by atoms with van der Waals surface area (Å²) in [5.41, 5.74) is 2.50.